The molecule has 0 aliphatic heterocycles. The minimum absolute atomic E-state index is 0.0499. The summed E-state index contributed by atoms with van der Waals surface area (Å²) in [5, 5.41) is 4.16. The summed E-state index contributed by atoms with van der Waals surface area (Å²) in [5.74, 6) is -0.653. The largest absolute Gasteiger partial charge is 0.480 e. The van der Waals surface area contributed by atoms with E-state index < -0.39 is 17.5 Å². The molecule has 0 radical (unpaired) electrons. The number of benzene rings is 2. The molecule has 3 aromatic rings. The lowest BCUT2D eigenvalue weighted by molar-refractivity contribution is -0.136. The number of hydrogen-bond acceptors (Lipinski definition) is 6. The molecule has 1 N–H and O–H groups in total. The van der Waals surface area contributed by atoms with E-state index in [9.17, 15) is 14.4 Å². The van der Waals surface area contributed by atoms with E-state index in [0.29, 0.717) is 16.2 Å². The Kier molecular flexibility index (Phi) is 7.20. The Balaban J connectivity index is 1.42. The van der Waals surface area contributed by atoms with Gasteiger partial charge in [0.1, 0.15) is 22.6 Å². The van der Waals surface area contributed by atoms with Crippen molar-refractivity contribution in [2.45, 2.75) is 38.1 Å². The van der Waals surface area contributed by atoms with Crippen molar-refractivity contribution in [2.24, 2.45) is 0 Å². The van der Waals surface area contributed by atoms with Crippen LogP contribution in [0.4, 0.5) is 0 Å². The number of hydrogen-bond donors (Lipinski definition) is 1. The number of rotatable bonds is 6. The second-order valence-electron chi connectivity index (χ2n) is 7.79. The van der Waals surface area contributed by atoms with Crippen LogP contribution in [0, 0.1) is 0 Å². The topological polar surface area (TPSA) is 94.8 Å². The first-order chi connectivity index (χ1) is 15.9. The van der Waals surface area contributed by atoms with Crippen LogP contribution in [0.1, 0.15) is 42.5 Å². The minimum atomic E-state index is -0.750. The highest BCUT2D eigenvalue weighted by molar-refractivity contribution is 6.35. The number of carbonyl (C=O) groups excluding carboxylic acids is 2. The Morgan fingerprint density at radius 1 is 1.03 bits per heavy atom. The van der Waals surface area contributed by atoms with Gasteiger partial charge >= 0.3 is 11.6 Å². The van der Waals surface area contributed by atoms with Gasteiger partial charge in [0.15, 0.2) is 6.61 Å². The zero-order valence-electron chi connectivity index (χ0n) is 17.6. The van der Waals surface area contributed by atoms with Gasteiger partial charge in [0.25, 0.3) is 5.91 Å². The number of carbonyl (C=O) groups is 2. The number of ether oxygens (including phenoxy) is 2. The molecule has 1 heterocycles. The molecule has 33 heavy (non-hydrogen) atoms. The minimum Gasteiger partial charge on any atom is -0.480 e. The summed E-state index contributed by atoms with van der Waals surface area (Å²) in [7, 11) is 0. The van der Waals surface area contributed by atoms with Crippen molar-refractivity contribution in [2.75, 3.05) is 6.61 Å². The fraction of sp³-hybridized carbons (Fsp3) is 0.292. The van der Waals surface area contributed by atoms with Crippen LogP contribution >= 0.6 is 23.2 Å². The molecule has 7 nitrogen and oxygen atoms in total. The lowest BCUT2D eigenvalue weighted by Gasteiger charge is -2.22. The van der Waals surface area contributed by atoms with Crippen LogP contribution in [0.5, 0.6) is 11.5 Å². The van der Waals surface area contributed by atoms with Crippen LogP contribution in [-0.4, -0.2) is 24.5 Å². The highest BCUT2D eigenvalue weighted by Crippen LogP contribution is 2.27. The van der Waals surface area contributed by atoms with E-state index in [1.165, 1.54) is 30.7 Å². The summed E-state index contributed by atoms with van der Waals surface area (Å²) >= 11 is 11.8. The Morgan fingerprint density at radius 2 is 1.82 bits per heavy atom. The van der Waals surface area contributed by atoms with Gasteiger partial charge in [-0.3, -0.25) is 4.79 Å². The summed E-state index contributed by atoms with van der Waals surface area (Å²) in [6.07, 6.45) is 5.12. The van der Waals surface area contributed by atoms with Gasteiger partial charge in [-0.1, -0.05) is 42.5 Å². The third kappa shape index (κ3) is 5.86. The third-order valence-corrected chi connectivity index (χ3v) is 5.89. The van der Waals surface area contributed by atoms with E-state index in [1.807, 2.05) is 0 Å². The number of esters is 1. The molecule has 1 fully saturated rings. The maximum Gasteiger partial charge on any atom is 0.349 e. The van der Waals surface area contributed by atoms with Crippen LogP contribution in [-0.2, 0) is 4.79 Å². The highest BCUT2D eigenvalue weighted by Gasteiger charge is 2.20. The van der Waals surface area contributed by atoms with Crippen LogP contribution < -0.4 is 20.4 Å². The number of fused-ring (bicyclic) bond motifs is 1. The molecule has 4 rings (SSSR count). The molecule has 1 saturated carbocycles. The van der Waals surface area contributed by atoms with Crippen LogP contribution in [0.3, 0.4) is 0 Å². The van der Waals surface area contributed by atoms with Crippen molar-refractivity contribution in [1.82, 2.24) is 5.32 Å². The second kappa shape index (κ2) is 10.3. The molecule has 1 aromatic heterocycles. The molecule has 1 aliphatic carbocycles. The standard InChI is InChI=1S/C24H21Cl2NO6/c25-15-7-9-20(19(26)11-15)31-13-22(28)32-17-8-6-14-10-18(24(30)33-21(14)12-17)23(29)27-16-4-2-1-3-5-16/h6-12,16H,1-5,13H2,(H,27,29). The summed E-state index contributed by atoms with van der Waals surface area (Å²) in [6, 6.07) is 10.7. The first-order valence-corrected chi connectivity index (χ1v) is 11.3. The van der Waals surface area contributed by atoms with Gasteiger partial charge in [-0.15, -0.1) is 0 Å². The summed E-state index contributed by atoms with van der Waals surface area (Å²) in [6.45, 7) is -0.385. The Bertz CT molecular complexity index is 1250. The van der Waals surface area contributed by atoms with Gasteiger partial charge < -0.3 is 19.2 Å². The second-order valence-corrected chi connectivity index (χ2v) is 8.64. The first kappa shape index (κ1) is 23.1. The Labute approximate surface area is 199 Å². The van der Waals surface area contributed by atoms with Gasteiger partial charge in [-0.05, 0) is 49.2 Å². The van der Waals surface area contributed by atoms with E-state index in [1.54, 1.807) is 18.2 Å². The van der Waals surface area contributed by atoms with Crippen molar-refractivity contribution in [3.63, 3.8) is 0 Å². The molecule has 1 aliphatic rings. The van der Waals surface area contributed by atoms with Crippen molar-refractivity contribution >= 4 is 46.0 Å². The van der Waals surface area contributed by atoms with Crippen LogP contribution in [0.25, 0.3) is 11.0 Å². The Hall–Kier alpha value is -3.03. The molecule has 0 bridgehead atoms. The summed E-state index contributed by atoms with van der Waals surface area (Å²) in [5.41, 5.74) is -0.604. The highest BCUT2D eigenvalue weighted by atomic mass is 35.5. The molecule has 2 aromatic carbocycles. The fourth-order valence-electron chi connectivity index (χ4n) is 3.71. The normalized spacial score (nSPS) is 14.1. The summed E-state index contributed by atoms with van der Waals surface area (Å²) in [4.78, 5) is 37.1. The van der Waals surface area contributed by atoms with Crippen molar-refractivity contribution < 1.29 is 23.5 Å². The molecule has 1 amide bonds. The molecule has 9 heteroatoms. The molecular formula is C24H21Cl2NO6. The van der Waals surface area contributed by atoms with Gasteiger partial charge in [0, 0.05) is 22.5 Å². The number of amides is 1. The van der Waals surface area contributed by atoms with Crippen LogP contribution in [0.15, 0.2) is 51.7 Å². The summed E-state index contributed by atoms with van der Waals surface area (Å²) < 4.78 is 15.9. The predicted molar refractivity (Wildman–Crippen MR) is 124 cm³/mol. The molecule has 0 saturated heterocycles. The van der Waals surface area contributed by atoms with E-state index in [4.69, 9.17) is 37.1 Å². The van der Waals surface area contributed by atoms with Gasteiger partial charge in [0.05, 0.1) is 5.02 Å². The first-order valence-electron chi connectivity index (χ1n) is 10.6. The zero-order chi connectivity index (χ0) is 23.4. The third-order valence-electron chi connectivity index (χ3n) is 5.36. The molecular weight excluding hydrogens is 469 g/mol. The maximum atomic E-state index is 12.6. The van der Waals surface area contributed by atoms with E-state index in [0.717, 1.165) is 25.7 Å². The lowest BCUT2D eigenvalue weighted by Crippen LogP contribution is -2.38. The quantitative estimate of drug-likeness (QED) is 0.292. The molecule has 0 unspecified atom stereocenters. The van der Waals surface area contributed by atoms with Crippen molar-refractivity contribution in [1.29, 1.82) is 0 Å². The van der Waals surface area contributed by atoms with E-state index in [2.05, 4.69) is 5.32 Å². The van der Waals surface area contributed by atoms with Crippen LogP contribution in [0.2, 0.25) is 10.0 Å². The van der Waals surface area contributed by atoms with Crippen molar-refractivity contribution in [3.8, 4) is 11.5 Å². The molecule has 0 spiro atoms. The fourth-order valence-corrected chi connectivity index (χ4v) is 4.18. The average Bonchev–Trinajstić information content (AvgIpc) is 2.78. The molecule has 172 valence electrons. The predicted octanol–water partition coefficient (Wildman–Crippen LogP) is 5.15. The monoisotopic (exact) mass is 489 g/mol. The zero-order valence-corrected chi connectivity index (χ0v) is 19.1. The van der Waals surface area contributed by atoms with Gasteiger partial charge in [0.2, 0.25) is 0 Å². The smallest absolute Gasteiger partial charge is 0.349 e. The van der Waals surface area contributed by atoms with Gasteiger partial charge in [-0.25, -0.2) is 9.59 Å². The van der Waals surface area contributed by atoms with E-state index >= 15 is 0 Å². The maximum absolute atomic E-state index is 12.6. The SMILES string of the molecule is O=C(COc1ccc(Cl)cc1Cl)Oc1ccc2cc(C(=O)NC3CCCCC3)c(=O)oc2c1. The Morgan fingerprint density at radius 3 is 2.58 bits per heavy atom. The average molecular weight is 490 g/mol. The van der Waals surface area contributed by atoms with Crippen molar-refractivity contribution in [3.05, 3.63) is 68.5 Å². The number of halogens is 2. The lowest BCUT2D eigenvalue weighted by atomic mass is 9.95. The molecule has 0 atom stereocenters. The number of nitrogens with one attached hydrogen (secondary N) is 1. The van der Waals surface area contributed by atoms with E-state index in [-0.39, 0.29) is 34.6 Å². The van der Waals surface area contributed by atoms with Gasteiger partial charge in [-0.2, -0.15) is 0 Å².